The first kappa shape index (κ1) is 14.4. The molecular formula is C15H17ClN2S. The summed E-state index contributed by atoms with van der Waals surface area (Å²) in [6.45, 7) is 8.18. The van der Waals surface area contributed by atoms with Crippen molar-refractivity contribution in [2.45, 2.75) is 43.5 Å². The van der Waals surface area contributed by atoms with E-state index in [1.54, 1.807) is 11.8 Å². The van der Waals surface area contributed by atoms with Gasteiger partial charge in [0.1, 0.15) is 16.0 Å². The smallest absolute Gasteiger partial charge is 0.136 e. The van der Waals surface area contributed by atoms with Gasteiger partial charge in [0.2, 0.25) is 0 Å². The molecule has 0 atom stereocenters. The molecule has 4 heteroatoms. The Labute approximate surface area is 123 Å². The van der Waals surface area contributed by atoms with E-state index in [1.165, 1.54) is 5.56 Å². The van der Waals surface area contributed by atoms with Crippen LogP contribution in [0, 0.1) is 13.8 Å². The normalized spacial score (nSPS) is 11.1. The summed E-state index contributed by atoms with van der Waals surface area (Å²) < 4.78 is 0. The summed E-state index contributed by atoms with van der Waals surface area (Å²) in [4.78, 5) is 10.1. The molecule has 1 heterocycles. The summed E-state index contributed by atoms with van der Waals surface area (Å²) in [6.07, 6.45) is 0. The van der Waals surface area contributed by atoms with E-state index in [0.29, 0.717) is 5.15 Å². The van der Waals surface area contributed by atoms with Crippen molar-refractivity contribution in [1.82, 2.24) is 9.97 Å². The summed E-state index contributed by atoms with van der Waals surface area (Å²) >= 11 is 7.82. The maximum atomic E-state index is 6.19. The molecule has 0 N–H and O–H groups in total. The first-order chi connectivity index (χ1) is 8.97. The highest BCUT2D eigenvalue weighted by Gasteiger charge is 2.12. The van der Waals surface area contributed by atoms with Crippen molar-refractivity contribution < 1.29 is 0 Å². The number of rotatable bonds is 3. The van der Waals surface area contributed by atoms with Crippen LogP contribution < -0.4 is 0 Å². The van der Waals surface area contributed by atoms with Crippen molar-refractivity contribution in [3.63, 3.8) is 0 Å². The second-order valence-corrected chi connectivity index (χ2v) is 6.29. The fraction of sp³-hybridized carbons (Fsp3) is 0.333. The molecule has 0 unspecified atom stereocenters. The van der Waals surface area contributed by atoms with E-state index >= 15 is 0 Å². The quantitative estimate of drug-likeness (QED) is 0.743. The molecule has 2 nitrogen and oxygen atoms in total. The van der Waals surface area contributed by atoms with Gasteiger partial charge in [-0.25, -0.2) is 9.97 Å². The van der Waals surface area contributed by atoms with E-state index in [2.05, 4.69) is 55.0 Å². The fourth-order valence-corrected chi connectivity index (χ4v) is 2.68. The number of benzene rings is 1. The highest BCUT2D eigenvalue weighted by atomic mass is 35.5. The lowest BCUT2D eigenvalue weighted by atomic mass is 10.2. The molecule has 0 bridgehead atoms. The third kappa shape index (κ3) is 3.48. The SMILES string of the molecule is Cc1ccc(Sc2nc(C(C)C)nc(Cl)c2C)cc1. The second-order valence-electron chi connectivity index (χ2n) is 4.87. The topological polar surface area (TPSA) is 25.8 Å². The van der Waals surface area contributed by atoms with Crippen LogP contribution >= 0.6 is 23.4 Å². The lowest BCUT2D eigenvalue weighted by molar-refractivity contribution is 0.747. The van der Waals surface area contributed by atoms with Crippen LogP contribution in [-0.4, -0.2) is 9.97 Å². The van der Waals surface area contributed by atoms with E-state index in [0.717, 1.165) is 21.3 Å². The Bertz CT molecular complexity index is 579. The van der Waals surface area contributed by atoms with Gasteiger partial charge in [0.05, 0.1) is 0 Å². The Morgan fingerprint density at radius 2 is 1.68 bits per heavy atom. The Balaban J connectivity index is 2.36. The number of halogens is 1. The second kappa shape index (κ2) is 5.93. The number of aromatic nitrogens is 2. The van der Waals surface area contributed by atoms with Crippen LogP contribution in [0.15, 0.2) is 34.2 Å². The zero-order valence-corrected chi connectivity index (χ0v) is 13.1. The Kier molecular flexibility index (Phi) is 4.48. The maximum absolute atomic E-state index is 6.19. The molecule has 1 aromatic heterocycles. The molecule has 2 aromatic rings. The van der Waals surface area contributed by atoms with Crippen molar-refractivity contribution in [2.24, 2.45) is 0 Å². The number of aryl methyl sites for hydroxylation is 1. The standard InChI is InChI=1S/C15H17ClN2S/c1-9(2)14-17-13(16)11(4)15(18-14)19-12-7-5-10(3)6-8-12/h5-9H,1-4H3. The predicted molar refractivity (Wildman–Crippen MR) is 81.2 cm³/mol. The highest BCUT2D eigenvalue weighted by Crippen LogP contribution is 2.32. The molecule has 1 aromatic carbocycles. The first-order valence-electron chi connectivity index (χ1n) is 6.26. The lowest BCUT2D eigenvalue weighted by Crippen LogP contribution is -2.01. The molecule has 0 aliphatic heterocycles. The Hall–Kier alpha value is -1.06. The van der Waals surface area contributed by atoms with Gasteiger partial charge in [0.15, 0.2) is 0 Å². The molecule has 0 spiro atoms. The number of hydrogen-bond donors (Lipinski definition) is 0. The zero-order chi connectivity index (χ0) is 14.0. The van der Waals surface area contributed by atoms with Gasteiger partial charge < -0.3 is 0 Å². The Morgan fingerprint density at radius 1 is 1.05 bits per heavy atom. The molecule has 0 aliphatic rings. The summed E-state index contributed by atoms with van der Waals surface area (Å²) in [5.41, 5.74) is 2.20. The minimum absolute atomic E-state index is 0.274. The van der Waals surface area contributed by atoms with E-state index in [-0.39, 0.29) is 5.92 Å². The van der Waals surface area contributed by atoms with Crippen LogP contribution in [0.1, 0.15) is 36.7 Å². The summed E-state index contributed by atoms with van der Waals surface area (Å²) in [5, 5.41) is 1.49. The maximum Gasteiger partial charge on any atom is 0.136 e. The molecule has 19 heavy (non-hydrogen) atoms. The number of hydrogen-bond acceptors (Lipinski definition) is 3. The largest absolute Gasteiger partial charge is 0.226 e. The molecule has 0 amide bonds. The van der Waals surface area contributed by atoms with Crippen molar-refractivity contribution in [2.75, 3.05) is 0 Å². The van der Waals surface area contributed by atoms with Crippen LogP contribution in [0.25, 0.3) is 0 Å². The van der Waals surface area contributed by atoms with Gasteiger partial charge in [0, 0.05) is 16.4 Å². The van der Waals surface area contributed by atoms with Crippen molar-refractivity contribution in [1.29, 1.82) is 0 Å². The van der Waals surface area contributed by atoms with Crippen molar-refractivity contribution in [3.8, 4) is 0 Å². The summed E-state index contributed by atoms with van der Waals surface area (Å²) in [5.74, 6) is 1.07. The van der Waals surface area contributed by atoms with E-state index in [4.69, 9.17) is 11.6 Å². The number of nitrogens with zero attached hydrogens (tertiary/aromatic N) is 2. The first-order valence-corrected chi connectivity index (χ1v) is 7.45. The van der Waals surface area contributed by atoms with E-state index in [1.807, 2.05) is 6.92 Å². The lowest BCUT2D eigenvalue weighted by Gasteiger charge is -2.10. The molecule has 2 rings (SSSR count). The third-order valence-corrected chi connectivity index (χ3v) is 4.28. The highest BCUT2D eigenvalue weighted by molar-refractivity contribution is 7.99. The fourth-order valence-electron chi connectivity index (χ4n) is 1.56. The minimum atomic E-state index is 0.274. The van der Waals surface area contributed by atoms with Gasteiger partial charge in [0.25, 0.3) is 0 Å². The summed E-state index contributed by atoms with van der Waals surface area (Å²) in [7, 11) is 0. The molecule has 0 saturated carbocycles. The van der Waals surface area contributed by atoms with Crippen LogP contribution in [0.4, 0.5) is 0 Å². The van der Waals surface area contributed by atoms with Crippen LogP contribution in [0.2, 0.25) is 5.15 Å². The van der Waals surface area contributed by atoms with Gasteiger partial charge in [-0.1, -0.05) is 54.9 Å². The predicted octanol–water partition coefficient (Wildman–Crippen LogP) is 5.02. The van der Waals surface area contributed by atoms with Crippen molar-refractivity contribution >= 4 is 23.4 Å². The summed E-state index contributed by atoms with van der Waals surface area (Å²) in [6, 6.07) is 8.41. The van der Waals surface area contributed by atoms with E-state index in [9.17, 15) is 0 Å². The van der Waals surface area contributed by atoms with E-state index < -0.39 is 0 Å². The molecule has 100 valence electrons. The molecule has 0 aliphatic carbocycles. The van der Waals surface area contributed by atoms with Crippen molar-refractivity contribution in [3.05, 3.63) is 46.4 Å². The van der Waals surface area contributed by atoms with Gasteiger partial charge in [-0.2, -0.15) is 0 Å². The van der Waals surface area contributed by atoms with Crippen LogP contribution in [0.3, 0.4) is 0 Å². The minimum Gasteiger partial charge on any atom is -0.226 e. The van der Waals surface area contributed by atoms with Crippen LogP contribution in [0.5, 0.6) is 0 Å². The molecule has 0 saturated heterocycles. The Morgan fingerprint density at radius 3 is 2.26 bits per heavy atom. The average Bonchev–Trinajstić information content (AvgIpc) is 2.37. The van der Waals surface area contributed by atoms with Gasteiger partial charge in [-0.3, -0.25) is 0 Å². The third-order valence-electron chi connectivity index (χ3n) is 2.81. The molecule has 0 radical (unpaired) electrons. The average molecular weight is 293 g/mol. The van der Waals surface area contributed by atoms with Gasteiger partial charge in [-0.05, 0) is 26.0 Å². The molecular weight excluding hydrogens is 276 g/mol. The van der Waals surface area contributed by atoms with Gasteiger partial charge >= 0.3 is 0 Å². The van der Waals surface area contributed by atoms with Crippen LogP contribution in [-0.2, 0) is 0 Å². The molecule has 0 fully saturated rings. The van der Waals surface area contributed by atoms with Gasteiger partial charge in [-0.15, -0.1) is 0 Å². The monoisotopic (exact) mass is 292 g/mol. The zero-order valence-electron chi connectivity index (χ0n) is 11.6.